The average molecular weight is 498 g/mol. The Balaban J connectivity index is 3.11. The van der Waals surface area contributed by atoms with Crippen molar-refractivity contribution in [1.82, 2.24) is 5.32 Å². The summed E-state index contributed by atoms with van der Waals surface area (Å²) in [5.74, 6) is -0.876. The fourth-order valence-corrected chi connectivity index (χ4v) is 2.12. The highest BCUT2D eigenvalue weighted by Crippen LogP contribution is 2.06. The van der Waals surface area contributed by atoms with Gasteiger partial charge in [-0.05, 0) is 20.8 Å². The highest BCUT2D eigenvalue weighted by atomic mass is 16.6. The summed E-state index contributed by atoms with van der Waals surface area (Å²) in [7, 11) is 0. The van der Waals surface area contributed by atoms with Crippen LogP contribution in [0.3, 0.4) is 0 Å². The van der Waals surface area contributed by atoms with Gasteiger partial charge in [-0.2, -0.15) is 0 Å². The second-order valence-corrected chi connectivity index (χ2v) is 7.86. The van der Waals surface area contributed by atoms with E-state index in [1.165, 1.54) is 0 Å². The van der Waals surface area contributed by atoms with Crippen molar-refractivity contribution in [2.75, 3.05) is 99.0 Å². The molecule has 12 heteroatoms. The first-order valence-corrected chi connectivity index (χ1v) is 11.5. The van der Waals surface area contributed by atoms with E-state index in [2.05, 4.69) is 5.32 Å². The van der Waals surface area contributed by atoms with E-state index in [9.17, 15) is 9.59 Å². The Morgan fingerprint density at radius 2 is 0.912 bits per heavy atom. The maximum atomic E-state index is 11.4. The number of amides is 1. The molecule has 0 heterocycles. The fraction of sp³-hybridized carbons (Fsp3) is 0.909. The van der Waals surface area contributed by atoms with Crippen LogP contribution in [0.1, 0.15) is 27.2 Å². The van der Waals surface area contributed by atoms with Gasteiger partial charge in [0.05, 0.1) is 98.9 Å². The van der Waals surface area contributed by atoms with Crippen molar-refractivity contribution in [3.05, 3.63) is 0 Å². The van der Waals surface area contributed by atoms with Crippen molar-refractivity contribution in [3.63, 3.8) is 0 Å². The molecule has 0 aliphatic rings. The van der Waals surface area contributed by atoms with Crippen molar-refractivity contribution < 1.29 is 52.6 Å². The minimum Gasteiger partial charge on any atom is -0.481 e. The van der Waals surface area contributed by atoms with Gasteiger partial charge in [-0.25, -0.2) is 4.79 Å². The standard InChI is InChI=1S/C22H43NO11/c1-22(2,3)34-21(26)23-5-7-28-9-11-30-13-15-32-17-19-33-18-16-31-14-12-29-10-8-27-6-4-20(24)25/h4-19H2,1-3H3,(H,23,26)(H,24,25). The molecule has 0 saturated heterocycles. The Labute approximate surface area is 202 Å². The second kappa shape index (κ2) is 23.2. The van der Waals surface area contributed by atoms with E-state index in [0.29, 0.717) is 92.4 Å². The predicted octanol–water partition coefficient (Wildman–Crippen LogP) is 1.10. The van der Waals surface area contributed by atoms with Crippen LogP contribution >= 0.6 is 0 Å². The lowest BCUT2D eigenvalue weighted by molar-refractivity contribution is -0.138. The molecular formula is C22H43NO11. The zero-order chi connectivity index (χ0) is 25.3. The molecule has 12 nitrogen and oxygen atoms in total. The van der Waals surface area contributed by atoms with Gasteiger partial charge in [0.1, 0.15) is 5.60 Å². The average Bonchev–Trinajstić information content (AvgIpc) is 2.75. The summed E-state index contributed by atoms with van der Waals surface area (Å²) in [4.78, 5) is 21.7. The maximum Gasteiger partial charge on any atom is 0.407 e. The molecule has 34 heavy (non-hydrogen) atoms. The monoisotopic (exact) mass is 497 g/mol. The van der Waals surface area contributed by atoms with Crippen LogP contribution in [0.15, 0.2) is 0 Å². The summed E-state index contributed by atoms with van der Waals surface area (Å²) >= 11 is 0. The van der Waals surface area contributed by atoms with E-state index >= 15 is 0 Å². The number of hydrogen-bond donors (Lipinski definition) is 2. The van der Waals surface area contributed by atoms with Crippen LogP contribution in [0, 0.1) is 0 Å². The molecule has 2 N–H and O–H groups in total. The number of ether oxygens (including phenoxy) is 8. The lowest BCUT2D eigenvalue weighted by atomic mass is 10.2. The van der Waals surface area contributed by atoms with Crippen molar-refractivity contribution in [3.8, 4) is 0 Å². The Hall–Kier alpha value is -1.54. The first-order chi connectivity index (χ1) is 16.3. The van der Waals surface area contributed by atoms with Gasteiger partial charge in [0.15, 0.2) is 0 Å². The number of carbonyl (C=O) groups is 2. The van der Waals surface area contributed by atoms with E-state index in [-0.39, 0.29) is 13.0 Å². The second-order valence-electron chi connectivity index (χ2n) is 7.86. The molecule has 0 unspecified atom stereocenters. The maximum absolute atomic E-state index is 11.4. The third-order valence-electron chi connectivity index (χ3n) is 3.61. The number of carboxylic acid groups (broad SMARTS) is 1. The molecule has 0 aromatic carbocycles. The SMILES string of the molecule is CC(C)(C)OC(=O)NCCOCCOCCOCCOCCOCCOCCOCCC(=O)O. The number of carbonyl (C=O) groups excluding carboxylic acids is 1. The quantitative estimate of drug-likeness (QED) is 0.185. The molecule has 0 aromatic heterocycles. The van der Waals surface area contributed by atoms with Crippen LogP contribution in [0.5, 0.6) is 0 Å². The Bertz CT molecular complexity index is 486. The molecule has 0 fully saturated rings. The molecule has 0 aromatic rings. The van der Waals surface area contributed by atoms with E-state index in [0.717, 1.165) is 0 Å². The van der Waals surface area contributed by atoms with E-state index in [1.54, 1.807) is 0 Å². The van der Waals surface area contributed by atoms with Gasteiger partial charge in [-0.15, -0.1) is 0 Å². The molecule has 0 radical (unpaired) electrons. The highest BCUT2D eigenvalue weighted by molar-refractivity contribution is 5.67. The minimum absolute atomic E-state index is 0.00340. The summed E-state index contributed by atoms with van der Waals surface area (Å²) in [6, 6.07) is 0. The van der Waals surface area contributed by atoms with Crippen LogP contribution in [0.25, 0.3) is 0 Å². The van der Waals surface area contributed by atoms with Crippen molar-refractivity contribution in [2.45, 2.75) is 32.8 Å². The van der Waals surface area contributed by atoms with Gasteiger partial charge in [-0.1, -0.05) is 0 Å². The van der Waals surface area contributed by atoms with Crippen LogP contribution in [0.2, 0.25) is 0 Å². The fourth-order valence-electron chi connectivity index (χ4n) is 2.12. The predicted molar refractivity (Wildman–Crippen MR) is 122 cm³/mol. The minimum atomic E-state index is -0.876. The topological polar surface area (TPSA) is 140 Å². The summed E-state index contributed by atoms with van der Waals surface area (Å²) in [5.41, 5.74) is -0.511. The van der Waals surface area contributed by atoms with Crippen LogP contribution in [0.4, 0.5) is 4.79 Å². The zero-order valence-corrected chi connectivity index (χ0v) is 20.8. The number of nitrogens with one attached hydrogen (secondary N) is 1. The lowest BCUT2D eigenvalue weighted by Gasteiger charge is -2.19. The lowest BCUT2D eigenvalue weighted by Crippen LogP contribution is -2.34. The molecule has 0 aliphatic heterocycles. The van der Waals surface area contributed by atoms with Gasteiger partial charge >= 0.3 is 12.1 Å². The summed E-state index contributed by atoms with van der Waals surface area (Å²) in [6.45, 7) is 11.8. The van der Waals surface area contributed by atoms with Gasteiger partial charge < -0.3 is 48.3 Å². The molecule has 202 valence electrons. The number of hydrogen-bond acceptors (Lipinski definition) is 10. The first kappa shape index (κ1) is 32.5. The third kappa shape index (κ3) is 28.5. The first-order valence-electron chi connectivity index (χ1n) is 11.5. The molecule has 0 aliphatic carbocycles. The highest BCUT2D eigenvalue weighted by Gasteiger charge is 2.15. The normalized spacial score (nSPS) is 11.5. The van der Waals surface area contributed by atoms with E-state index in [1.807, 2.05) is 20.8 Å². The molecule has 0 spiro atoms. The number of rotatable bonds is 24. The van der Waals surface area contributed by atoms with Crippen molar-refractivity contribution in [2.24, 2.45) is 0 Å². The van der Waals surface area contributed by atoms with E-state index < -0.39 is 17.7 Å². The molecule has 0 saturated carbocycles. The number of carboxylic acids is 1. The summed E-state index contributed by atoms with van der Waals surface area (Å²) in [6.07, 6.45) is -0.461. The number of aliphatic carboxylic acids is 1. The molecule has 1 amide bonds. The zero-order valence-electron chi connectivity index (χ0n) is 20.8. The molecule has 0 rings (SSSR count). The summed E-state index contributed by atoms with van der Waals surface area (Å²) < 4.78 is 42.4. The Morgan fingerprint density at radius 3 is 1.24 bits per heavy atom. The van der Waals surface area contributed by atoms with Gasteiger partial charge in [0.25, 0.3) is 0 Å². The van der Waals surface area contributed by atoms with Gasteiger partial charge in [0.2, 0.25) is 0 Å². The van der Waals surface area contributed by atoms with Crippen LogP contribution < -0.4 is 5.32 Å². The number of alkyl carbamates (subject to hydrolysis) is 1. The third-order valence-corrected chi connectivity index (χ3v) is 3.61. The van der Waals surface area contributed by atoms with Crippen molar-refractivity contribution in [1.29, 1.82) is 0 Å². The molecular weight excluding hydrogens is 454 g/mol. The van der Waals surface area contributed by atoms with Crippen LogP contribution in [-0.2, 0) is 42.7 Å². The van der Waals surface area contributed by atoms with Gasteiger partial charge in [-0.3, -0.25) is 4.79 Å². The molecule has 0 atom stereocenters. The Kier molecular flexibility index (Phi) is 22.2. The van der Waals surface area contributed by atoms with Crippen LogP contribution in [-0.4, -0.2) is 122 Å². The van der Waals surface area contributed by atoms with Crippen molar-refractivity contribution >= 4 is 12.1 Å². The smallest absolute Gasteiger partial charge is 0.407 e. The summed E-state index contributed by atoms with van der Waals surface area (Å²) in [5, 5.41) is 11.1. The van der Waals surface area contributed by atoms with E-state index in [4.69, 9.17) is 43.0 Å². The largest absolute Gasteiger partial charge is 0.481 e. The Morgan fingerprint density at radius 1 is 0.588 bits per heavy atom. The van der Waals surface area contributed by atoms with Gasteiger partial charge in [0, 0.05) is 6.54 Å². The molecule has 0 bridgehead atoms.